The van der Waals surface area contributed by atoms with Gasteiger partial charge in [-0.3, -0.25) is 9.71 Å². The van der Waals surface area contributed by atoms with Crippen molar-refractivity contribution in [1.29, 1.82) is 0 Å². The average Bonchev–Trinajstić information content (AvgIpc) is 2.27. The Hall–Kier alpha value is -1.62. The number of aromatic nitrogens is 1. The zero-order valence-corrected chi connectivity index (χ0v) is 11.2. The second kappa shape index (κ2) is 4.94. The Morgan fingerprint density at radius 1 is 1.28 bits per heavy atom. The minimum atomic E-state index is -3.30. The highest BCUT2D eigenvalue weighted by atomic mass is 32.2. The van der Waals surface area contributed by atoms with Crippen molar-refractivity contribution in [3.05, 3.63) is 36.7 Å². The number of nitrogens with one attached hydrogen (secondary N) is 1. The van der Waals surface area contributed by atoms with E-state index < -0.39 is 10.0 Å². The van der Waals surface area contributed by atoms with Crippen LogP contribution in [-0.4, -0.2) is 19.2 Å². The van der Waals surface area contributed by atoms with Gasteiger partial charge in [-0.25, -0.2) is 8.42 Å². The molecule has 0 amide bonds. The van der Waals surface area contributed by atoms with Crippen LogP contribution in [0, 0.1) is 5.92 Å². The predicted octanol–water partition coefficient (Wildman–Crippen LogP) is 2.63. The van der Waals surface area contributed by atoms with E-state index in [1.54, 1.807) is 18.5 Å². The van der Waals surface area contributed by atoms with E-state index >= 15 is 0 Å². The maximum Gasteiger partial charge on any atom is 0.232 e. The van der Waals surface area contributed by atoms with E-state index in [-0.39, 0.29) is 11.7 Å². The van der Waals surface area contributed by atoms with Gasteiger partial charge in [-0.1, -0.05) is 26.0 Å². The summed E-state index contributed by atoms with van der Waals surface area (Å²) in [6.07, 6.45) is 3.37. The zero-order chi connectivity index (χ0) is 13.2. The molecule has 1 N–H and O–H groups in total. The Kier molecular flexibility index (Phi) is 3.52. The number of benzene rings is 1. The molecule has 0 aliphatic rings. The molecule has 0 aliphatic heterocycles. The number of fused-ring (bicyclic) bond motifs is 1. The number of rotatable bonds is 4. The molecular weight excluding hydrogens is 248 g/mol. The molecule has 0 fully saturated rings. The second-order valence-corrected chi connectivity index (χ2v) is 6.45. The molecule has 0 spiro atoms. The number of hydrogen-bond donors (Lipinski definition) is 1. The van der Waals surface area contributed by atoms with Crippen molar-refractivity contribution in [1.82, 2.24) is 4.98 Å². The van der Waals surface area contributed by atoms with Crippen LogP contribution in [0.15, 0.2) is 36.7 Å². The summed E-state index contributed by atoms with van der Waals surface area (Å²) in [7, 11) is -3.30. The third-order valence-electron chi connectivity index (χ3n) is 2.50. The van der Waals surface area contributed by atoms with E-state index in [4.69, 9.17) is 0 Å². The summed E-state index contributed by atoms with van der Waals surface area (Å²) in [4.78, 5) is 4.02. The smallest absolute Gasteiger partial charge is 0.232 e. The van der Waals surface area contributed by atoms with Crippen LogP contribution in [0.2, 0.25) is 0 Å². The molecule has 2 rings (SSSR count). The van der Waals surface area contributed by atoms with E-state index in [2.05, 4.69) is 9.71 Å². The molecule has 18 heavy (non-hydrogen) atoms. The van der Waals surface area contributed by atoms with Crippen LogP contribution >= 0.6 is 0 Å². The number of pyridine rings is 1. The quantitative estimate of drug-likeness (QED) is 0.923. The molecule has 1 heterocycles. The molecule has 0 bridgehead atoms. The van der Waals surface area contributed by atoms with E-state index in [0.29, 0.717) is 5.69 Å². The summed E-state index contributed by atoms with van der Waals surface area (Å²) in [5.74, 6) is 0.216. The summed E-state index contributed by atoms with van der Waals surface area (Å²) in [6, 6.07) is 7.29. The van der Waals surface area contributed by atoms with Gasteiger partial charge in [-0.05, 0) is 18.1 Å². The first-order chi connectivity index (χ1) is 8.48. The molecule has 5 heteroatoms. The molecule has 96 valence electrons. The maximum atomic E-state index is 11.9. The van der Waals surface area contributed by atoms with E-state index in [9.17, 15) is 8.42 Å². The Morgan fingerprint density at radius 3 is 2.78 bits per heavy atom. The highest BCUT2D eigenvalue weighted by molar-refractivity contribution is 7.92. The molecule has 0 saturated heterocycles. The Balaban J connectivity index is 2.38. The number of nitrogens with zero attached hydrogens (tertiary/aromatic N) is 1. The van der Waals surface area contributed by atoms with Crippen LogP contribution < -0.4 is 4.72 Å². The van der Waals surface area contributed by atoms with E-state index in [1.807, 2.05) is 32.0 Å². The van der Waals surface area contributed by atoms with Crippen molar-refractivity contribution in [3.63, 3.8) is 0 Å². The fourth-order valence-electron chi connectivity index (χ4n) is 1.86. The highest BCUT2D eigenvalue weighted by Crippen LogP contribution is 2.23. The van der Waals surface area contributed by atoms with Crippen LogP contribution in [0.1, 0.15) is 13.8 Å². The van der Waals surface area contributed by atoms with Gasteiger partial charge in [0, 0.05) is 23.2 Å². The van der Waals surface area contributed by atoms with Gasteiger partial charge in [0.1, 0.15) is 0 Å². The molecule has 0 radical (unpaired) electrons. The van der Waals surface area contributed by atoms with Crippen molar-refractivity contribution in [2.24, 2.45) is 5.92 Å². The normalized spacial score (nSPS) is 11.9. The van der Waals surface area contributed by atoms with Crippen molar-refractivity contribution in [2.45, 2.75) is 13.8 Å². The molecule has 0 aliphatic carbocycles. The number of anilines is 1. The maximum absolute atomic E-state index is 11.9. The average molecular weight is 264 g/mol. The second-order valence-electron chi connectivity index (χ2n) is 4.68. The Labute approximate surface area is 107 Å². The lowest BCUT2D eigenvalue weighted by Gasteiger charge is -2.11. The molecule has 1 aromatic heterocycles. The van der Waals surface area contributed by atoms with Gasteiger partial charge in [0.2, 0.25) is 10.0 Å². The van der Waals surface area contributed by atoms with Gasteiger partial charge in [-0.2, -0.15) is 0 Å². The first kappa shape index (κ1) is 12.8. The Morgan fingerprint density at radius 2 is 2.06 bits per heavy atom. The van der Waals surface area contributed by atoms with Gasteiger partial charge in [0.05, 0.1) is 11.4 Å². The minimum absolute atomic E-state index is 0.0964. The van der Waals surface area contributed by atoms with E-state index in [0.717, 1.165) is 10.8 Å². The van der Waals surface area contributed by atoms with Crippen LogP contribution in [0.5, 0.6) is 0 Å². The lowest BCUT2D eigenvalue weighted by Crippen LogP contribution is -2.20. The lowest BCUT2D eigenvalue weighted by molar-refractivity contribution is 0.587. The van der Waals surface area contributed by atoms with Gasteiger partial charge in [0.25, 0.3) is 0 Å². The Bertz CT molecular complexity index is 646. The molecule has 1 aromatic carbocycles. The summed E-state index contributed by atoms with van der Waals surface area (Å²) in [5, 5.41) is 1.78. The summed E-state index contributed by atoms with van der Waals surface area (Å²) in [6.45, 7) is 3.76. The molecule has 4 nitrogen and oxygen atoms in total. The largest absolute Gasteiger partial charge is 0.283 e. The van der Waals surface area contributed by atoms with Crippen LogP contribution in [0.25, 0.3) is 10.8 Å². The number of hydrogen-bond acceptors (Lipinski definition) is 3. The van der Waals surface area contributed by atoms with Crippen LogP contribution in [0.3, 0.4) is 0 Å². The summed E-state index contributed by atoms with van der Waals surface area (Å²) >= 11 is 0. The predicted molar refractivity (Wildman–Crippen MR) is 74.0 cm³/mol. The first-order valence-electron chi connectivity index (χ1n) is 5.81. The van der Waals surface area contributed by atoms with Gasteiger partial charge in [-0.15, -0.1) is 0 Å². The third kappa shape index (κ3) is 2.98. The SMILES string of the molecule is CC(C)CS(=O)(=O)Nc1cccc2cnccc12. The van der Waals surface area contributed by atoms with Crippen LogP contribution in [-0.2, 0) is 10.0 Å². The highest BCUT2D eigenvalue weighted by Gasteiger charge is 2.14. The van der Waals surface area contributed by atoms with Crippen LogP contribution in [0.4, 0.5) is 5.69 Å². The molecule has 0 unspecified atom stereocenters. The van der Waals surface area contributed by atoms with Gasteiger partial charge in [0.15, 0.2) is 0 Å². The van der Waals surface area contributed by atoms with Gasteiger partial charge < -0.3 is 0 Å². The lowest BCUT2D eigenvalue weighted by atomic mass is 10.1. The summed E-state index contributed by atoms with van der Waals surface area (Å²) in [5.41, 5.74) is 0.607. The first-order valence-corrected chi connectivity index (χ1v) is 7.46. The van der Waals surface area contributed by atoms with E-state index in [1.165, 1.54) is 0 Å². The molecular formula is C13H16N2O2S. The van der Waals surface area contributed by atoms with Crippen molar-refractivity contribution in [2.75, 3.05) is 10.5 Å². The third-order valence-corrected chi connectivity index (χ3v) is 4.14. The van der Waals surface area contributed by atoms with Crippen molar-refractivity contribution in [3.8, 4) is 0 Å². The zero-order valence-electron chi connectivity index (χ0n) is 10.4. The fourth-order valence-corrected chi connectivity index (χ4v) is 3.33. The fraction of sp³-hybridized carbons (Fsp3) is 0.308. The monoisotopic (exact) mass is 264 g/mol. The minimum Gasteiger partial charge on any atom is -0.283 e. The standard InChI is InChI=1S/C13H16N2O2S/c1-10(2)9-18(16,17)15-13-5-3-4-11-8-14-7-6-12(11)13/h3-8,10,15H,9H2,1-2H3. The molecule has 0 saturated carbocycles. The molecule has 2 aromatic rings. The van der Waals surface area contributed by atoms with Gasteiger partial charge >= 0.3 is 0 Å². The topological polar surface area (TPSA) is 59.1 Å². The van der Waals surface area contributed by atoms with Crippen molar-refractivity contribution < 1.29 is 8.42 Å². The summed E-state index contributed by atoms with van der Waals surface area (Å²) < 4.78 is 26.5. The molecule has 0 atom stereocenters. The van der Waals surface area contributed by atoms with Crippen molar-refractivity contribution >= 4 is 26.5 Å². The number of sulfonamides is 1.